The van der Waals surface area contributed by atoms with E-state index in [2.05, 4.69) is 0 Å². The zero-order valence-electron chi connectivity index (χ0n) is 13.7. The van der Waals surface area contributed by atoms with Crippen molar-refractivity contribution in [3.8, 4) is 17.2 Å². The first-order valence-corrected chi connectivity index (χ1v) is 7.71. The summed E-state index contributed by atoms with van der Waals surface area (Å²) in [6, 6.07) is 12.6. The van der Waals surface area contributed by atoms with Gasteiger partial charge in [-0.3, -0.25) is 0 Å². The molecule has 140 valence electrons. The highest BCUT2D eigenvalue weighted by Gasteiger charge is 2.38. The quantitative estimate of drug-likeness (QED) is 0.452. The molecule has 1 aliphatic heterocycles. The van der Waals surface area contributed by atoms with Gasteiger partial charge in [-0.25, -0.2) is 4.79 Å². The number of hydrogen-bond donors (Lipinski definition) is 2. The Hall–Kier alpha value is -3.42. The molecule has 0 spiro atoms. The van der Waals surface area contributed by atoms with Crippen molar-refractivity contribution in [3.05, 3.63) is 70.6 Å². The van der Waals surface area contributed by atoms with Crippen LogP contribution in [0.4, 0.5) is 13.2 Å². The Bertz CT molecular complexity index is 1070. The van der Waals surface area contributed by atoms with Gasteiger partial charge in [-0.2, -0.15) is 13.2 Å². The summed E-state index contributed by atoms with van der Waals surface area (Å²) in [5.74, 6) is -1.52. The van der Waals surface area contributed by atoms with Crippen LogP contribution in [-0.2, 0) is 0 Å². The van der Waals surface area contributed by atoms with Crippen molar-refractivity contribution in [2.75, 3.05) is 6.61 Å². The number of para-hydroxylation sites is 1. The van der Waals surface area contributed by atoms with Gasteiger partial charge in [0.25, 0.3) is 0 Å². The zero-order valence-corrected chi connectivity index (χ0v) is 13.7. The number of phenolic OH excluding ortho intramolecular Hbond substituents is 2. The molecule has 2 heterocycles. The van der Waals surface area contributed by atoms with Gasteiger partial charge in [0.1, 0.15) is 12.2 Å². The van der Waals surface area contributed by atoms with Crippen LogP contribution in [-0.4, -0.2) is 23.0 Å². The Morgan fingerprint density at radius 2 is 1.70 bits per heavy atom. The summed E-state index contributed by atoms with van der Waals surface area (Å²) in [6.45, 7) is -0.293. The molecular formula is C19H13F3O5. The largest absolute Gasteiger partial charge is 0.504 e. The Kier molecular flexibility index (Phi) is 4.81. The van der Waals surface area contributed by atoms with E-state index >= 15 is 0 Å². The van der Waals surface area contributed by atoms with E-state index < -0.39 is 23.2 Å². The molecule has 5 nitrogen and oxygen atoms in total. The molecule has 27 heavy (non-hydrogen) atoms. The molecule has 3 aromatic rings. The Morgan fingerprint density at radius 3 is 2.44 bits per heavy atom. The second-order valence-corrected chi connectivity index (χ2v) is 5.53. The third-order valence-corrected chi connectivity index (χ3v) is 3.75. The molecular weight excluding hydrogens is 365 g/mol. The number of allylic oxidation sites excluding steroid dienone is 1. The Morgan fingerprint density at radius 1 is 0.963 bits per heavy atom. The number of fused-ring (bicyclic) bond motifs is 2. The van der Waals surface area contributed by atoms with Gasteiger partial charge in [0.05, 0.1) is 5.57 Å². The molecule has 8 heteroatoms. The summed E-state index contributed by atoms with van der Waals surface area (Å²) in [6.07, 6.45) is -3.62. The van der Waals surface area contributed by atoms with E-state index in [1.807, 2.05) is 18.2 Å². The van der Waals surface area contributed by atoms with Crippen molar-refractivity contribution in [1.29, 1.82) is 0 Å². The SMILES string of the molecule is O=c1ccc2ccccc2o1.Oc1ccc2c(c1O)OCC=C2C(F)(F)F. The topological polar surface area (TPSA) is 79.9 Å². The van der Waals surface area contributed by atoms with Crippen LogP contribution < -0.4 is 10.4 Å². The lowest BCUT2D eigenvalue weighted by Gasteiger charge is -2.21. The lowest BCUT2D eigenvalue weighted by atomic mass is 10.0. The molecule has 0 fully saturated rings. The molecule has 0 bridgehead atoms. The number of phenols is 2. The molecule has 1 aliphatic rings. The van der Waals surface area contributed by atoms with Crippen LogP contribution in [0.15, 0.2) is 63.8 Å². The summed E-state index contributed by atoms with van der Waals surface area (Å²) in [5.41, 5.74) is -0.804. The predicted octanol–water partition coefficient (Wildman–Crippen LogP) is 4.23. The fourth-order valence-electron chi connectivity index (χ4n) is 2.52. The van der Waals surface area contributed by atoms with Gasteiger partial charge < -0.3 is 19.4 Å². The second-order valence-electron chi connectivity index (χ2n) is 5.53. The molecule has 0 aliphatic carbocycles. The average Bonchev–Trinajstić information content (AvgIpc) is 2.64. The van der Waals surface area contributed by atoms with Crippen LogP contribution in [0.25, 0.3) is 16.5 Å². The molecule has 2 N–H and O–H groups in total. The highest BCUT2D eigenvalue weighted by Crippen LogP contribution is 2.47. The minimum Gasteiger partial charge on any atom is -0.504 e. The van der Waals surface area contributed by atoms with Crippen molar-refractivity contribution in [2.45, 2.75) is 6.18 Å². The van der Waals surface area contributed by atoms with Crippen LogP contribution in [0, 0.1) is 0 Å². The zero-order chi connectivity index (χ0) is 19.6. The van der Waals surface area contributed by atoms with E-state index in [1.54, 1.807) is 12.1 Å². The van der Waals surface area contributed by atoms with Crippen molar-refractivity contribution in [1.82, 2.24) is 0 Å². The van der Waals surface area contributed by atoms with Gasteiger partial charge in [0.15, 0.2) is 11.5 Å². The number of hydrogen-bond acceptors (Lipinski definition) is 5. The lowest BCUT2D eigenvalue weighted by Crippen LogP contribution is -2.16. The molecule has 4 rings (SSSR count). The highest BCUT2D eigenvalue weighted by atomic mass is 19.4. The third kappa shape index (κ3) is 3.89. The number of ether oxygens (including phenoxy) is 1. The van der Waals surface area contributed by atoms with Crippen molar-refractivity contribution < 1.29 is 32.5 Å². The molecule has 0 atom stereocenters. The number of rotatable bonds is 0. The van der Waals surface area contributed by atoms with Gasteiger partial charge in [-0.1, -0.05) is 18.2 Å². The maximum absolute atomic E-state index is 12.6. The smallest absolute Gasteiger partial charge is 0.416 e. The lowest BCUT2D eigenvalue weighted by molar-refractivity contribution is -0.0697. The summed E-state index contributed by atoms with van der Waals surface area (Å²) in [4.78, 5) is 10.7. The van der Waals surface area contributed by atoms with E-state index in [0.717, 1.165) is 23.6 Å². The van der Waals surface area contributed by atoms with Gasteiger partial charge in [-0.05, 0) is 30.3 Å². The molecule has 1 aromatic heterocycles. The first kappa shape index (κ1) is 18.4. The molecule has 0 unspecified atom stereocenters. The predicted molar refractivity (Wildman–Crippen MR) is 91.8 cm³/mol. The van der Waals surface area contributed by atoms with E-state index in [-0.39, 0.29) is 23.5 Å². The van der Waals surface area contributed by atoms with Gasteiger partial charge in [0.2, 0.25) is 5.75 Å². The molecule has 0 saturated carbocycles. The van der Waals surface area contributed by atoms with E-state index in [4.69, 9.17) is 14.3 Å². The van der Waals surface area contributed by atoms with E-state index in [9.17, 15) is 23.1 Å². The van der Waals surface area contributed by atoms with Crippen molar-refractivity contribution >= 4 is 16.5 Å². The van der Waals surface area contributed by atoms with Crippen LogP contribution in [0.2, 0.25) is 0 Å². The first-order chi connectivity index (χ1) is 12.8. The summed E-state index contributed by atoms with van der Waals surface area (Å²) in [5, 5.41) is 19.4. The Balaban J connectivity index is 0.000000166. The van der Waals surface area contributed by atoms with Gasteiger partial charge in [-0.15, -0.1) is 0 Å². The number of alkyl halides is 3. The minimum atomic E-state index is -4.51. The Labute approximate surface area is 150 Å². The number of halogens is 3. The maximum atomic E-state index is 12.6. The van der Waals surface area contributed by atoms with Crippen molar-refractivity contribution in [3.63, 3.8) is 0 Å². The summed E-state index contributed by atoms with van der Waals surface area (Å²) < 4.78 is 47.5. The van der Waals surface area contributed by atoms with Crippen LogP contribution in [0.1, 0.15) is 5.56 Å². The highest BCUT2D eigenvalue weighted by molar-refractivity contribution is 5.79. The van der Waals surface area contributed by atoms with E-state index in [1.165, 1.54) is 6.07 Å². The molecule has 0 amide bonds. The normalized spacial score (nSPS) is 13.1. The molecule has 2 aromatic carbocycles. The van der Waals surface area contributed by atoms with Crippen LogP contribution in [0.5, 0.6) is 17.2 Å². The molecule has 0 radical (unpaired) electrons. The van der Waals surface area contributed by atoms with Crippen LogP contribution in [0.3, 0.4) is 0 Å². The van der Waals surface area contributed by atoms with Crippen LogP contribution >= 0.6 is 0 Å². The van der Waals surface area contributed by atoms with Crippen molar-refractivity contribution in [2.24, 2.45) is 0 Å². The first-order valence-electron chi connectivity index (χ1n) is 7.71. The average molecular weight is 378 g/mol. The maximum Gasteiger partial charge on any atom is 0.416 e. The van der Waals surface area contributed by atoms with Gasteiger partial charge >= 0.3 is 11.8 Å². The third-order valence-electron chi connectivity index (χ3n) is 3.75. The number of aromatic hydroxyl groups is 2. The summed E-state index contributed by atoms with van der Waals surface area (Å²) >= 11 is 0. The minimum absolute atomic E-state index is 0.269. The fraction of sp³-hybridized carbons (Fsp3) is 0.105. The molecule has 0 saturated heterocycles. The number of benzene rings is 2. The van der Waals surface area contributed by atoms with Gasteiger partial charge in [0, 0.05) is 17.0 Å². The summed E-state index contributed by atoms with van der Waals surface area (Å²) in [7, 11) is 0. The second kappa shape index (κ2) is 7.06. The van der Waals surface area contributed by atoms with E-state index in [0.29, 0.717) is 5.58 Å². The standard InChI is InChI=1S/C10H7F3O3.C9H6O2/c11-10(12,13)6-3-4-16-9-5(6)1-2-7(14)8(9)15;10-9-6-5-7-3-1-2-4-8(7)11-9/h1-3,14-15H,4H2;1-6H. The monoisotopic (exact) mass is 378 g/mol. The fourth-order valence-corrected chi connectivity index (χ4v) is 2.52.